The van der Waals surface area contributed by atoms with Gasteiger partial charge in [-0.15, -0.1) is 0 Å². The van der Waals surface area contributed by atoms with Crippen LogP contribution in [-0.2, 0) is 0 Å². The molecule has 0 radical (unpaired) electrons. The molecule has 0 spiro atoms. The minimum absolute atomic E-state index is 0.0686. The number of benzene rings is 2. The van der Waals surface area contributed by atoms with Crippen LogP contribution < -0.4 is 0 Å². The molecule has 2 aromatic carbocycles. The van der Waals surface area contributed by atoms with Crippen LogP contribution in [0.5, 0.6) is 0 Å². The summed E-state index contributed by atoms with van der Waals surface area (Å²) in [5, 5.41) is 0.888. The van der Waals surface area contributed by atoms with Gasteiger partial charge in [-0.25, -0.2) is 4.39 Å². The molecule has 6 heteroatoms. The fourth-order valence-corrected chi connectivity index (χ4v) is 2.44. The normalized spacial score (nSPS) is 10.6. The maximum atomic E-state index is 14.0. The topological polar surface area (TPSA) is 17.1 Å². The SMILES string of the molecule is O=Cc1cc(F)c(-c2cc(Cl)c(Cl)cc2Cl)cc1Cl. The zero-order valence-corrected chi connectivity index (χ0v) is 12.2. The molecule has 0 aliphatic heterocycles. The fraction of sp³-hybridized carbons (Fsp3) is 0. The number of hydrogen-bond acceptors (Lipinski definition) is 1. The van der Waals surface area contributed by atoms with E-state index in [1.54, 1.807) is 0 Å². The van der Waals surface area contributed by atoms with Crippen molar-refractivity contribution in [2.75, 3.05) is 0 Å². The molecule has 0 unspecified atom stereocenters. The lowest BCUT2D eigenvalue weighted by Gasteiger charge is -2.09. The largest absolute Gasteiger partial charge is 0.298 e. The Bertz CT molecular complexity index is 670. The Labute approximate surface area is 128 Å². The van der Waals surface area contributed by atoms with E-state index in [0.717, 1.165) is 6.07 Å². The van der Waals surface area contributed by atoms with Gasteiger partial charge in [-0.1, -0.05) is 46.4 Å². The lowest BCUT2D eigenvalue weighted by molar-refractivity contribution is 0.112. The van der Waals surface area contributed by atoms with Crippen molar-refractivity contribution in [3.05, 3.63) is 55.7 Å². The molecule has 19 heavy (non-hydrogen) atoms. The zero-order chi connectivity index (χ0) is 14.2. The van der Waals surface area contributed by atoms with E-state index in [1.807, 2.05) is 0 Å². The highest BCUT2D eigenvalue weighted by atomic mass is 35.5. The van der Waals surface area contributed by atoms with Gasteiger partial charge in [0.25, 0.3) is 0 Å². The lowest BCUT2D eigenvalue weighted by Crippen LogP contribution is -1.91. The van der Waals surface area contributed by atoms with Crippen molar-refractivity contribution in [2.45, 2.75) is 0 Å². The summed E-state index contributed by atoms with van der Waals surface area (Å²) in [7, 11) is 0. The van der Waals surface area contributed by atoms with Crippen molar-refractivity contribution in [3.8, 4) is 11.1 Å². The molecule has 1 nitrogen and oxygen atoms in total. The van der Waals surface area contributed by atoms with Gasteiger partial charge in [-0.05, 0) is 24.3 Å². The minimum atomic E-state index is -0.619. The zero-order valence-electron chi connectivity index (χ0n) is 9.18. The Morgan fingerprint density at radius 3 is 2.00 bits per heavy atom. The van der Waals surface area contributed by atoms with Gasteiger partial charge < -0.3 is 0 Å². The first-order valence-corrected chi connectivity index (χ1v) is 6.54. The summed E-state index contributed by atoms with van der Waals surface area (Å²) in [4.78, 5) is 10.7. The van der Waals surface area contributed by atoms with E-state index in [9.17, 15) is 9.18 Å². The maximum Gasteiger partial charge on any atom is 0.151 e. The molecule has 0 atom stereocenters. The molecular formula is C13H5Cl4FO. The number of carbonyl (C=O) groups excluding carboxylic acids is 1. The number of rotatable bonds is 2. The van der Waals surface area contributed by atoms with Gasteiger partial charge in [0.05, 0.1) is 20.1 Å². The highest BCUT2D eigenvalue weighted by Crippen LogP contribution is 2.37. The molecule has 0 aromatic heterocycles. The van der Waals surface area contributed by atoms with Gasteiger partial charge in [0, 0.05) is 16.7 Å². The van der Waals surface area contributed by atoms with Gasteiger partial charge >= 0.3 is 0 Å². The molecule has 0 aliphatic carbocycles. The second kappa shape index (κ2) is 5.68. The average molecular weight is 338 g/mol. The molecule has 98 valence electrons. The third-order valence-corrected chi connectivity index (χ3v) is 3.88. The highest BCUT2D eigenvalue weighted by Gasteiger charge is 2.14. The van der Waals surface area contributed by atoms with E-state index in [0.29, 0.717) is 11.8 Å². The molecule has 0 saturated carbocycles. The summed E-state index contributed by atoms with van der Waals surface area (Å²) in [5.41, 5.74) is 0.575. The van der Waals surface area contributed by atoms with E-state index in [2.05, 4.69) is 0 Å². The van der Waals surface area contributed by atoms with E-state index < -0.39 is 5.82 Å². The second-order valence-corrected chi connectivity index (χ2v) is 5.35. The van der Waals surface area contributed by atoms with Gasteiger partial charge in [-0.3, -0.25) is 4.79 Å². The Kier molecular flexibility index (Phi) is 4.36. The highest BCUT2D eigenvalue weighted by molar-refractivity contribution is 6.44. The molecule has 0 fully saturated rings. The Morgan fingerprint density at radius 2 is 1.37 bits per heavy atom. The van der Waals surface area contributed by atoms with Crippen LogP contribution in [0, 0.1) is 5.82 Å². The van der Waals surface area contributed by atoms with Crippen molar-refractivity contribution in [1.29, 1.82) is 0 Å². The number of aldehydes is 1. The lowest BCUT2D eigenvalue weighted by atomic mass is 10.0. The maximum absolute atomic E-state index is 14.0. The number of carbonyl (C=O) groups is 1. The molecule has 2 rings (SSSR count). The van der Waals surface area contributed by atoms with E-state index in [-0.39, 0.29) is 31.2 Å². The summed E-state index contributed by atoms with van der Waals surface area (Å²) >= 11 is 23.6. The van der Waals surface area contributed by atoms with Gasteiger partial charge in [0.1, 0.15) is 5.82 Å². The average Bonchev–Trinajstić information content (AvgIpc) is 2.36. The summed E-state index contributed by atoms with van der Waals surface area (Å²) in [6.45, 7) is 0. The third kappa shape index (κ3) is 2.87. The Balaban J connectivity index is 2.69. The summed E-state index contributed by atoms with van der Waals surface area (Å²) in [6.07, 6.45) is 0.478. The van der Waals surface area contributed by atoms with Crippen LogP contribution in [0.2, 0.25) is 20.1 Å². The molecular weight excluding hydrogens is 333 g/mol. The monoisotopic (exact) mass is 336 g/mol. The first kappa shape index (κ1) is 14.6. The molecule has 0 bridgehead atoms. The van der Waals surface area contributed by atoms with Crippen molar-refractivity contribution in [1.82, 2.24) is 0 Å². The molecule has 2 aromatic rings. The summed E-state index contributed by atoms with van der Waals surface area (Å²) in [5.74, 6) is -0.619. The molecule has 0 heterocycles. The van der Waals surface area contributed by atoms with Crippen molar-refractivity contribution in [3.63, 3.8) is 0 Å². The van der Waals surface area contributed by atoms with Crippen LogP contribution in [0.1, 0.15) is 10.4 Å². The van der Waals surface area contributed by atoms with Crippen LogP contribution in [0.25, 0.3) is 11.1 Å². The van der Waals surface area contributed by atoms with E-state index >= 15 is 0 Å². The first-order valence-electron chi connectivity index (χ1n) is 5.03. The number of hydrogen-bond donors (Lipinski definition) is 0. The van der Waals surface area contributed by atoms with E-state index in [4.69, 9.17) is 46.4 Å². The molecule has 0 amide bonds. The standard InChI is InChI=1S/C13H5Cl4FO/c14-9-3-8(13(18)1-6(9)5-19)7-2-11(16)12(17)4-10(7)15/h1-5H. The van der Waals surface area contributed by atoms with E-state index in [1.165, 1.54) is 18.2 Å². The summed E-state index contributed by atoms with van der Waals surface area (Å²) in [6, 6.07) is 5.24. The van der Waals surface area contributed by atoms with Crippen LogP contribution in [0.15, 0.2) is 24.3 Å². The Morgan fingerprint density at radius 1 is 0.789 bits per heavy atom. The van der Waals surface area contributed by atoms with Crippen LogP contribution in [-0.4, -0.2) is 6.29 Å². The summed E-state index contributed by atoms with van der Waals surface area (Å²) < 4.78 is 14.0. The van der Waals surface area contributed by atoms with Crippen molar-refractivity contribution >= 4 is 52.7 Å². The smallest absolute Gasteiger partial charge is 0.151 e. The quantitative estimate of drug-likeness (QED) is 0.491. The van der Waals surface area contributed by atoms with Gasteiger partial charge in [-0.2, -0.15) is 0 Å². The van der Waals surface area contributed by atoms with Crippen LogP contribution >= 0.6 is 46.4 Å². The van der Waals surface area contributed by atoms with Gasteiger partial charge in [0.15, 0.2) is 6.29 Å². The van der Waals surface area contributed by atoms with Gasteiger partial charge in [0.2, 0.25) is 0 Å². The van der Waals surface area contributed by atoms with Crippen LogP contribution in [0.3, 0.4) is 0 Å². The molecule has 0 aliphatic rings. The van der Waals surface area contributed by atoms with Crippen molar-refractivity contribution < 1.29 is 9.18 Å². The second-order valence-electron chi connectivity index (χ2n) is 3.72. The van der Waals surface area contributed by atoms with Crippen LogP contribution in [0.4, 0.5) is 4.39 Å². The predicted octanol–water partition coefficient (Wildman–Crippen LogP) is 5.92. The van der Waals surface area contributed by atoms with Crippen molar-refractivity contribution in [2.24, 2.45) is 0 Å². The predicted molar refractivity (Wildman–Crippen MR) is 77.3 cm³/mol. The first-order chi connectivity index (χ1) is 8.93. The molecule has 0 saturated heterocycles. The number of halogens is 5. The minimum Gasteiger partial charge on any atom is -0.298 e. The molecule has 0 N–H and O–H groups in total. The third-order valence-electron chi connectivity index (χ3n) is 2.51. The Hall–Kier alpha value is -0.800. The fourth-order valence-electron chi connectivity index (χ4n) is 1.59.